The Bertz CT molecular complexity index is 478. The van der Waals surface area contributed by atoms with E-state index in [1.165, 1.54) is 31.2 Å². The van der Waals surface area contributed by atoms with Crippen molar-refractivity contribution in [2.75, 3.05) is 13.2 Å². The van der Waals surface area contributed by atoms with Crippen LogP contribution in [0, 0.1) is 0 Å². The number of ether oxygens (including phenoxy) is 1. The van der Waals surface area contributed by atoms with E-state index in [2.05, 4.69) is 24.0 Å². The summed E-state index contributed by atoms with van der Waals surface area (Å²) < 4.78 is 5.99. The zero-order valence-electron chi connectivity index (χ0n) is 12.7. The second kappa shape index (κ2) is 6.66. The van der Waals surface area contributed by atoms with Crippen LogP contribution in [0.3, 0.4) is 0 Å². The number of rotatable bonds is 3. The normalized spacial score (nSPS) is 29.7. The highest BCUT2D eigenvalue weighted by Gasteiger charge is 2.39. The Hall–Kier alpha value is -0.610. The van der Waals surface area contributed by atoms with E-state index >= 15 is 0 Å². The van der Waals surface area contributed by atoms with E-state index in [1.807, 2.05) is 12.1 Å². The quantitative estimate of drug-likeness (QED) is 0.930. The van der Waals surface area contributed by atoms with Crippen LogP contribution in [0.5, 0.6) is 0 Å². The number of nitrogens with two attached hydrogens (primary N) is 1. The van der Waals surface area contributed by atoms with Gasteiger partial charge in [0.05, 0.1) is 18.8 Å². The number of benzene rings is 1. The molecule has 1 saturated carbocycles. The molecule has 0 aromatic heterocycles. The molecule has 0 amide bonds. The van der Waals surface area contributed by atoms with Crippen molar-refractivity contribution in [1.82, 2.24) is 4.90 Å². The van der Waals surface area contributed by atoms with E-state index in [0.29, 0.717) is 12.1 Å². The van der Waals surface area contributed by atoms with Gasteiger partial charge in [0.1, 0.15) is 0 Å². The first kappa shape index (κ1) is 15.3. The van der Waals surface area contributed by atoms with Gasteiger partial charge in [-0.15, -0.1) is 0 Å². The van der Waals surface area contributed by atoms with Crippen LogP contribution in [0.4, 0.5) is 0 Å². The molecule has 0 radical (unpaired) electrons. The van der Waals surface area contributed by atoms with Gasteiger partial charge < -0.3 is 10.5 Å². The Morgan fingerprint density at radius 2 is 2.14 bits per heavy atom. The average Bonchev–Trinajstić information content (AvgIpc) is 2.47. The number of halogens is 1. The number of morpholine rings is 1. The number of nitrogens with zero attached hydrogens (tertiary/aromatic N) is 1. The molecule has 2 N–H and O–H groups in total. The van der Waals surface area contributed by atoms with Crippen molar-refractivity contribution in [1.29, 1.82) is 0 Å². The first-order valence-electron chi connectivity index (χ1n) is 8.05. The lowest BCUT2D eigenvalue weighted by atomic mass is 9.87. The van der Waals surface area contributed by atoms with Crippen molar-refractivity contribution >= 4 is 11.6 Å². The first-order chi connectivity index (χ1) is 10.2. The maximum atomic E-state index is 6.35. The smallest absolute Gasteiger partial charge is 0.0731 e. The molecular weight excluding hydrogens is 284 g/mol. The molecule has 1 aromatic carbocycles. The summed E-state index contributed by atoms with van der Waals surface area (Å²) in [4.78, 5) is 2.57. The Kier molecular flexibility index (Phi) is 4.85. The molecule has 1 aliphatic carbocycles. The highest BCUT2D eigenvalue weighted by molar-refractivity contribution is 6.30. The first-order valence-corrected chi connectivity index (χ1v) is 8.43. The van der Waals surface area contributed by atoms with Gasteiger partial charge in [-0.2, -0.15) is 0 Å². The fourth-order valence-corrected chi connectivity index (χ4v) is 4.16. The minimum absolute atomic E-state index is 0.0733. The Balaban J connectivity index is 1.89. The zero-order valence-corrected chi connectivity index (χ0v) is 13.4. The summed E-state index contributed by atoms with van der Waals surface area (Å²) in [6, 6.07) is 8.94. The van der Waals surface area contributed by atoms with Crippen LogP contribution in [0.1, 0.15) is 44.2 Å². The lowest BCUT2D eigenvalue weighted by Crippen LogP contribution is -2.56. The maximum Gasteiger partial charge on any atom is 0.0731 e. The fraction of sp³-hybridized carbons (Fsp3) is 0.647. The molecule has 1 aliphatic heterocycles. The predicted octanol–water partition coefficient (Wildman–Crippen LogP) is 3.37. The van der Waals surface area contributed by atoms with E-state index < -0.39 is 0 Å². The lowest BCUT2D eigenvalue weighted by molar-refractivity contribution is -0.106. The largest absolute Gasteiger partial charge is 0.375 e. The second-order valence-corrected chi connectivity index (χ2v) is 6.79. The molecule has 0 bridgehead atoms. The molecule has 116 valence electrons. The van der Waals surface area contributed by atoms with Crippen LogP contribution in [-0.2, 0) is 4.74 Å². The summed E-state index contributed by atoms with van der Waals surface area (Å²) in [5.41, 5.74) is 7.57. The molecule has 4 heteroatoms. The number of hydrogen-bond acceptors (Lipinski definition) is 3. The van der Waals surface area contributed by atoms with Gasteiger partial charge in [-0.3, -0.25) is 4.90 Å². The van der Waals surface area contributed by atoms with Crippen LogP contribution < -0.4 is 5.73 Å². The van der Waals surface area contributed by atoms with Gasteiger partial charge in [-0.1, -0.05) is 36.6 Å². The van der Waals surface area contributed by atoms with Crippen LogP contribution in [0.25, 0.3) is 0 Å². The Morgan fingerprint density at radius 1 is 1.33 bits per heavy atom. The molecule has 0 spiro atoms. The van der Waals surface area contributed by atoms with E-state index in [0.717, 1.165) is 18.2 Å². The zero-order chi connectivity index (χ0) is 14.8. The molecular formula is C17H25ClN2O. The molecule has 4 atom stereocenters. The molecule has 1 aromatic rings. The molecule has 1 saturated heterocycles. The van der Waals surface area contributed by atoms with Gasteiger partial charge in [0.2, 0.25) is 0 Å². The number of fused-ring (bicyclic) bond motifs is 1. The third-order valence-electron chi connectivity index (χ3n) is 4.82. The van der Waals surface area contributed by atoms with Crippen molar-refractivity contribution in [3.05, 3.63) is 34.9 Å². The molecule has 2 aliphatic rings. The average molecular weight is 309 g/mol. The molecule has 2 fully saturated rings. The summed E-state index contributed by atoms with van der Waals surface area (Å²) in [6.07, 6.45) is 5.36. The van der Waals surface area contributed by atoms with Crippen LogP contribution in [0.15, 0.2) is 24.3 Å². The van der Waals surface area contributed by atoms with E-state index in [4.69, 9.17) is 22.1 Å². The SMILES string of the molecule is CC(N)C(c1cccc(Cl)c1)N1CCOC2CCCCC21. The monoisotopic (exact) mass is 308 g/mol. The standard InChI is InChI=1S/C17H25ClN2O/c1-12(19)17(13-5-4-6-14(18)11-13)20-9-10-21-16-8-3-2-7-15(16)20/h4-6,11-12,15-17H,2-3,7-10,19H2,1H3. The summed E-state index contributed by atoms with van der Waals surface area (Å²) in [5, 5.41) is 0.784. The van der Waals surface area contributed by atoms with E-state index in [-0.39, 0.29) is 12.1 Å². The van der Waals surface area contributed by atoms with Gasteiger partial charge in [0, 0.05) is 23.7 Å². The van der Waals surface area contributed by atoms with Crippen molar-refractivity contribution in [3.63, 3.8) is 0 Å². The molecule has 21 heavy (non-hydrogen) atoms. The van der Waals surface area contributed by atoms with Crippen molar-refractivity contribution in [2.45, 2.75) is 56.8 Å². The van der Waals surface area contributed by atoms with E-state index in [9.17, 15) is 0 Å². The molecule has 3 nitrogen and oxygen atoms in total. The summed E-state index contributed by atoms with van der Waals surface area (Å²) in [7, 11) is 0. The molecule has 4 unspecified atom stereocenters. The second-order valence-electron chi connectivity index (χ2n) is 6.36. The van der Waals surface area contributed by atoms with Crippen molar-refractivity contribution in [3.8, 4) is 0 Å². The highest BCUT2D eigenvalue weighted by atomic mass is 35.5. The lowest BCUT2D eigenvalue weighted by Gasteiger charge is -2.48. The van der Waals surface area contributed by atoms with Gasteiger partial charge in [-0.05, 0) is 37.5 Å². The number of hydrogen-bond donors (Lipinski definition) is 1. The summed E-state index contributed by atoms with van der Waals surface area (Å²) >= 11 is 6.19. The van der Waals surface area contributed by atoms with E-state index in [1.54, 1.807) is 0 Å². The van der Waals surface area contributed by atoms with Crippen LogP contribution >= 0.6 is 11.6 Å². The van der Waals surface area contributed by atoms with Crippen LogP contribution in [-0.4, -0.2) is 36.2 Å². The minimum Gasteiger partial charge on any atom is -0.375 e. The van der Waals surface area contributed by atoms with Crippen LogP contribution in [0.2, 0.25) is 5.02 Å². The van der Waals surface area contributed by atoms with Gasteiger partial charge in [0.25, 0.3) is 0 Å². The van der Waals surface area contributed by atoms with Gasteiger partial charge in [0.15, 0.2) is 0 Å². The molecule has 3 rings (SSSR count). The topological polar surface area (TPSA) is 38.5 Å². The molecule has 1 heterocycles. The van der Waals surface area contributed by atoms with Crippen molar-refractivity contribution < 1.29 is 4.74 Å². The minimum atomic E-state index is 0.0733. The van der Waals surface area contributed by atoms with Gasteiger partial charge in [-0.25, -0.2) is 0 Å². The third-order valence-corrected chi connectivity index (χ3v) is 5.06. The highest BCUT2D eigenvalue weighted by Crippen LogP contribution is 2.35. The Morgan fingerprint density at radius 3 is 2.90 bits per heavy atom. The van der Waals surface area contributed by atoms with Crippen molar-refractivity contribution in [2.24, 2.45) is 5.73 Å². The summed E-state index contributed by atoms with van der Waals surface area (Å²) in [5.74, 6) is 0. The van der Waals surface area contributed by atoms with Gasteiger partial charge >= 0.3 is 0 Å². The predicted molar refractivity (Wildman–Crippen MR) is 86.5 cm³/mol. The third kappa shape index (κ3) is 3.26. The Labute approximate surface area is 132 Å². The fourth-order valence-electron chi connectivity index (χ4n) is 3.96. The summed E-state index contributed by atoms with van der Waals surface area (Å²) in [6.45, 7) is 3.86. The maximum absolute atomic E-state index is 6.35.